The predicted octanol–water partition coefficient (Wildman–Crippen LogP) is 22.3. The van der Waals surface area contributed by atoms with Gasteiger partial charge in [0.25, 0.3) is 0 Å². The van der Waals surface area contributed by atoms with E-state index in [1.807, 2.05) is 0 Å². The average Bonchev–Trinajstić information content (AvgIpc) is 1.50. The highest BCUT2D eigenvalue weighted by Gasteiger charge is 2.58. The molecular formula is C84H56N2O2. The van der Waals surface area contributed by atoms with E-state index in [9.17, 15) is 0 Å². The lowest BCUT2D eigenvalue weighted by molar-refractivity contribution is 0.668. The lowest BCUT2D eigenvalue weighted by Gasteiger charge is -2.33. The Morgan fingerprint density at radius 2 is 0.545 bits per heavy atom. The van der Waals surface area contributed by atoms with E-state index in [-0.39, 0.29) is 0 Å². The Kier molecular flexibility index (Phi) is 9.99. The highest BCUT2D eigenvalue weighted by atomic mass is 16.3. The summed E-state index contributed by atoms with van der Waals surface area (Å²) >= 11 is 0. The summed E-state index contributed by atoms with van der Waals surface area (Å²) in [5.74, 6) is 0. The number of aryl methyl sites for hydroxylation is 4. The standard InChI is InChI=1S/C84H56N2O2/c1-49-29-37-53(38-30-49)85(54-39-31-50(2)32-40-54)73-47-71-77(79-61-21-9-15-27-75(61)87-81(73)79)63-45-70-64(46-69(63)83(71)65-23-11-5-17-57(65)58-18-6-12-24-66(58)83)78-72(84(70)67-25-13-7-19-59(67)60-20-8-14-26-68(60)84)48-74(82-80(78)62-22-10-16-28-76(62)88-82)86(55-41-33-51(3)34-42-55)56-43-35-52(4)36-44-56/h5-48H,1-4H3. The fourth-order valence-corrected chi connectivity index (χ4v) is 16.4. The van der Waals surface area contributed by atoms with Crippen molar-refractivity contribution in [2.75, 3.05) is 9.80 Å². The first-order valence-electron chi connectivity index (χ1n) is 30.7. The van der Waals surface area contributed by atoms with Crippen molar-refractivity contribution in [3.05, 3.63) is 334 Å². The SMILES string of the molecule is Cc1ccc(N(c2ccc(C)cc2)c2cc3c(c4c2oc2ccccc24)-c2cc4c(cc2C32c3ccccc3-c3ccccc32)-c2c(cc(N(c3ccc(C)cc3)c3ccc(C)cc3)c3oc5ccccc5c23)C42c3ccccc3-c3ccccc32)cc1. The largest absolute Gasteiger partial charge is 0.454 e. The van der Waals surface area contributed by atoms with Crippen molar-refractivity contribution in [3.63, 3.8) is 0 Å². The molecule has 4 heteroatoms. The Bertz CT molecular complexity index is 4960. The van der Waals surface area contributed by atoms with Crippen LogP contribution in [-0.4, -0.2) is 0 Å². The molecule has 0 aliphatic heterocycles. The van der Waals surface area contributed by atoms with E-state index in [0.717, 1.165) is 78.0 Å². The Morgan fingerprint density at radius 1 is 0.261 bits per heavy atom. The van der Waals surface area contributed by atoms with Gasteiger partial charge in [-0.05, 0) is 202 Å². The summed E-state index contributed by atoms with van der Waals surface area (Å²) in [5.41, 5.74) is 32.8. The Morgan fingerprint density at radius 3 is 0.864 bits per heavy atom. The number of nitrogens with zero attached hydrogens (tertiary/aromatic N) is 2. The number of anilines is 6. The van der Waals surface area contributed by atoms with Crippen molar-refractivity contribution < 1.29 is 8.83 Å². The van der Waals surface area contributed by atoms with Crippen molar-refractivity contribution in [2.24, 2.45) is 0 Å². The molecule has 4 nitrogen and oxygen atoms in total. The van der Waals surface area contributed by atoms with E-state index >= 15 is 0 Å². The lowest BCUT2D eigenvalue weighted by Crippen LogP contribution is -2.27. The summed E-state index contributed by atoms with van der Waals surface area (Å²) in [6, 6.07) is 101. The molecule has 0 bridgehead atoms. The molecule has 0 saturated heterocycles. The molecule has 2 aromatic heterocycles. The van der Waals surface area contributed by atoms with Gasteiger partial charge < -0.3 is 18.6 Å². The van der Waals surface area contributed by atoms with Crippen LogP contribution in [0.25, 0.3) is 88.4 Å². The van der Waals surface area contributed by atoms with Crippen LogP contribution in [0.15, 0.2) is 276 Å². The molecule has 0 N–H and O–H groups in total. The van der Waals surface area contributed by atoms with E-state index in [1.54, 1.807) is 0 Å². The minimum atomic E-state index is -0.771. The minimum absolute atomic E-state index is 0.771. The number of furan rings is 2. The van der Waals surface area contributed by atoms with Gasteiger partial charge in [-0.2, -0.15) is 0 Å². The zero-order valence-corrected chi connectivity index (χ0v) is 49.1. The fraction of sp³-hybridized carbons (Fsp3) is 0.0714. The van der Waals surface area contributed by atoms with Crippen molar-refractivity contribution >= 4 is 78.0 Å². The van der Waals surface area contributed by atoms with Crippen LogP contribution in [-0.2, 0) is 10.8 Å². The Labute approximate surface area is 510 Å². The molecular weight excluding hydrogens is 1070 g/mol. The summed E-state index contributed by atoms with van der Waals surface area (Å²) in [6.45, 7) is 8.65. The van der Waals surface area contributed by atoms with E-state index in [0.29, 0.717) is 0 Å². The first-order chi connectivity index (χ1) is 43.3. The van der Waals surface area contributed by atoms with E-state index in [1.165, 1.54) is 111 Å². The Balaban J connectivity index is 1.01. The molecule has 0 unspecified atom stereocenters. The topological polar surface area (TPSA) is 32.8 Å². The van der Waals surface area contributed by atoms with Gasteiger partial charge in [0, 0.05) is 44.3 Å². The van der Waals surface area contributed by atoms with Gasteiger partial charge in [-0.15, -0.1) is 0 Å². The van der Waals surface area contributed by atoms with Crippen molar-refractivity contribution in [1.29, 1.82) is 0 Å². The first-order valence-corrected chi connectivity index (χ1v) is 30.7. The highest BCUT2D eigenvalue weighted by molar-refractivity contribution is 6.23. The van der Waals surface area contributed by atoms with Crippen LogP contribution in [0, 0.1) is 27.7 Å². The summed E-state index contributed by atoms with van der Waals surface area (Å²) in [7, 11) is 0. The number of fused-ring (bicyclic) bond motifs is 28. The second kappa shape index (κ2) is 17.8. The molecule has 88 heavy (non-hydrogen) atoms. The third kappa shape index (κ3) is 6.33. The van der Waals surface area contributed by atoms with Gasteiger partial charge in [-0.1, -0.05) is 204 Å². The van der Waals surface area contributed by atoms with Crippen LogP contribution < -0.4 is 9.80 Å². The molecule has 0 fully saturated rings. The van der Waals surface area contributed by atoms with Crippen molar-refractivity contribution in [2.45, 2.75) is 38.5 Å². The maximum atomic E-state index is 7.46. The van der Waals surface area contributed by atoms with Crippen LogP contribution in [0.5, 0.6) is 0 Å². The van der Waals surface area contributed by atoms with Crippen LogP contribution >= 0.6 is 0 Å². The number of benzene rings is 13. The molecule has 2 spiro atoms. The molecule has 414 valence electrons. The smallest absolute Gasteiger partial charge is 0.160 e. The molecule has 2 heterocycles. The quantitative estimate of drug-likeness (QED) is 0.166. The molecule has 0 amide bonds. The zero-order valence-electron chi connectivity index (χ0n) is 49.1. The average molecular weight is 1130 g/mol. The van der Waals surface area contributed by atoms with Gasteiger partial charge in [0.05, 0.1) is 22.2 Å². The molecule has 13 aromatic carbocycles. The number of hydrogen-bond acceptors (Lipinski definition) is 4. The number of hydrogen-bond donors (Lipinski definition) is 0. The molecule has 19 rings (SSSR count). The normalized spacial score (nSPS) is 13.9. The van der Waals surface area contributed by atoms with Gasteiger partial charge in [-0.25, -0.2) is 0 Å². The van der Waals surface area contributed by atoms with Crippen molar-refractivity contribution in [3.8, 4) is 44.5 Å². The maximum absolute atomic E-state index is 7.46. The van der Waals surface area contributed by atoms with Crippen LogP contribution in [0.2, 0.25) is 0 Å². The van der Waals surface area contributed by atoms with Crippen LogP contribution in [0.3, 0.4) is 0 Å². The minimum Gasteiger partial charge on any atom is -0.454 e. The van der Waals surface area contributed by atoms with Crippen LogP contribution in [0.4, 0.5) is 34.1 Å². The van der Waals surface area contributed by atoms with Gasteiger partial charge in [0.1, 0.15) is 11.2 Å². The van der Waals surface area contributed by atoms with Crippen molar-refractivity contribution in [1.82, 2.24) is 0 Å². The molecule has 0 radical (unpaired) electrons. The number of para-hydroxylation sites is 2. The van der Waals surface area contributed by atoms with E-state index in [2.05, 4.69) is 304 Å². The third-order valence-corrected chi connectivity index (χ3v) is 20.1. The molecule has 15 aromatic rings. The Hall–Kier alpha value is -10.9. The molecule has 0 atom stereocenters. The molecule has 4 aliphatic rings. The predicted molar refractivity (Wildman–Crippen MR) is 362 cm³/mol. The highest BCUT2D eigenvalue weighted by Crippen LogP contribution is 2.71. The van der Waals surface area contributed by atoms with E-state index < -0.39 is 10.8 Å². The first kappa shape index (κ1) is 49.3. The van der Waals surface area contributed by atoms with E-state index in [4.69, 9.17) is 8.83 Å². The summed E-state index contributed by atoms with van der Waals surface area (Å²) < 4.78 is 14.9. The lowest BCUT2D eigenvalue weighted by atomic mass is 9.68. The second-order valence-electron chi connectivity index (χ2n) is 24.9. The number of rotatable bonds is 6. The maximum Gasteiger partial charge on any atom is 0.160 e. The zero-order chi connectivity index (χ0) is 58.3. The summed E-state index contributed by atoms with van der Waals surface area (Å²) in [4.78, 5) is 4.86. The van der Waals surface area contributed by atoms with Gasteiger partial charge >= 0.3 is 0 Å². The monoisotopic (exact) mass is 1120 g/mol. The fourth-order valence-electron chi connectivity index (χ4n) is 16.4. The van der Waals surface area contributed by atoms with Crippen LogP contribution in [0.1, 0.15) is 66.8 Å². The van der Waals surface area contributed by atoms with Gasteiger partial charge in [0.15, 0.2) is 11.2 Å². The third-order valence-electron chi connectivity index (χ3n) is 20.1. The molecule has 4 aliphatic carbocycles. The summed E-state index contributed by atoms with van der Waals surface area (Å²) in [5, 5.41) is 4.40. The van der Waals surface area contributed by atoms with Gasteiger partial charge in [-0.3, -0.25) is 0 Å². The second-order valence-corrected chi connectivity index (χ2v) is 24.9. The summed E-state index contributed by atoms with van der Waals surface area (Å²) in [6.07, 6.45) is 0. The van der Waals surface area contributed by atoms with Gasteiger partial charge in [0.2, 0.25) is 0 Å². The molecule has 0 saturated carbocycles.